The summed E-state index contributed by atoms with van der Waals surface area (Å²) in [5.41, 5.74) is -0.572. The second-order valence-corrected chi connectivity index (χ2v) is 6.09. The van der Waals surface area contributed by atoms with E-state index in [2.05, 4.69) is 5.32 Å². The lowest BCUT2D eigenvalue weighted by atomic mass is 10.00. The molecule has 0 saturated carbocycles. The van der Waals surface area contributed by atoms with Crippen LogP contribution in [0.25, 0.3) is 0 Å². The fourth-order valence-corrected chi connectivity index (χ4v) is 2.07. The van der Waals surface area contributed by atoms with Crippen molar-refractivity contribution in [2.45, 2.75) is 65.3 Å². The zero-order valence-electron chi connectivity index (χ0n) is 13.2. The van der Waals surface area contributed by atoms with Gasteiger partial charge in [-0.25, -0.2) is 4.79 Å². The molecule has 0 aromatic heterocycles. The molecule has 6 heteroatoms. The Kier molecular flexibility index (Phi) is 5.39. The molecule has 1 fully saturated rings. The zero-order chi connectivity index (χ0) is 15.5. The number of nitrogens with one attached hydrogen (secondary N) is 1. The molecule has 20 heavy (non-hydrogen) atoms. The summed E-state index contributed by atoms with van der Waals surface area (Å²) in [7, 11) is 0. The number of carbonyl (C=O) groups is 2. The fraction of sp³-hybridized carbons (Fsp3) is 0.857. The molecule has 0 aliphatic carbocycles. The number of hydrogen-bond acceptors (Lipinski definition) is 4. The van der Waals surface area contributed by atoms with Crippen molar-refractivity contribution in [1.29, 1.82) is 0 Å². The summed E-state index contributed by atoms with van der Waals surface area (Å²) in [6.45, 7) is 12.1. The molecule has 1 saturated heterocycles. The molecule has 6 nitrogen and oxygen atoms in total. The number of amides is 2. The van der Waals surface area contributed by atoms with E-state index in [1.54, 1.807) is 32.6 Å². The van der Waals surface area contributed by atoms with Crippen molar-refractivity contribution in [2.24, 2.45) is 0 Å². The highest BCUT2D eigenvalue weighted by Crippen LogP contribution is 2.21. The Hall–Kier alpha value is -1.30. The first-order valence-corrected chi connectivity index (χ1v) is 7.07. The quantitative estimate of drug-likeness (QED) is 0.851. The maximum Gasteiger partial charge on any atom is 0.408 e. The Morgan fingerprint density at radius 3 is 2.45 bits per heavy atom. The Balaban J connectivity index is 2.43. The molecule has 1 N–H and O–H groups in total. The van der Waals surface area contributed by atoms with Gasteiger partial charge in [0.1, 0.15) is 11.6 Å². The van der Waals surface area contributed by atoms with Crippen molar-refractivity contribution in [3.63, 3.8) is 0 Å². The number of nitrogens with zero attached hydrogens (tertiary/aromatic N) is 1. The molecule has 0 spiro atoms. The molecular formula is C14H26N2O4. The van der Waals surface area contributed by atoms with Crippen LogP contribution in [0.1, 0.15) is 41.5 Å². The molecule has 0 bridgehead atoms. The maximum absolute atomic E-state index is 12.2. The molecule has 0 aromatic rings. The minimum atomic E-state index is -0.602. The van der Waals surface area contributed by atoms with E-state index >= 15 is 0 Å². The molecule has 116 valence electrons. The fourth-order valence-electron chi connectivity index (χ4n) is 2.07. The predicted molar refractivity (Wildman–Crippen MR) is 75.4 cm³/mol. The molecule has 3 atom stereocenters. The van der Waals surface area contributed by atoms with Crippen LogP contribution >= 0.6 is 0 Å². The van der Waals surface area contributed by atoms with Gasteiger partial charge in [0.2, 0.25) is 5.91 Å². The lowest BCUT2D eigenvalue weighted by Gasteiger charge is -2.46. The summed E-state index contributed by atoms with van der Waals surface area (Å²) in [5, 5.41) is 2.56. The molecule has 1 rings (SSSR count). The highest BCUT2D eigenvalue weighted by atomic mass is 16.6. The van der Waals surface area contributed by atoms with E-state index in [1.807, 2.05) is 13.8 Å². The molecule has 1 aliphatic rings. The molecule has 2 amide bonds. The smallest absolute Gasteiger partial charge is 0.408 e. The van der Waals surface area contributed by atoms with Gasteiger partial charge in [0.05, 0.1) is 12.1 Å². The average molecular weight is 286 g/mol. The van der Waals surface area contributed by atoms with Crippen LogP contribution < -0.4 is 5.32 Å². The van der Waals surface area contributed by atoms with Gasteiger partial charge in [-0.1, -0.05) is 0 Å². The third-order valence-corrected chi connectivity index (χ3v) is 3.17. The first-order chi connectivity index (χ1) is 9.15. The van der Waals surface area contributed by atoms with Crippen molar-refractivity contribution in [1.82, 2.24) is 10.2 Å². The van der Waals surface area contributed by atoms with Crippen LogP contribution in [0.15, 0.2) is 0 Å². The van der Waals surface area contributed by atoms with Crippen LogP contribution in [0, 0.1) is 0 Å². The molecule has 0 unspecified atom stereocenters. The van der Waals surface area contributed by atoms with Crippen molar-refractivity contribution < 1.29 is 19.1 Å². The Morgan fingerprint density at radius 1 is 1.40 bits per heavy atom. The van der Waals surface area contributed by atoms with E-state index in [0.717, 1.165) is 0 Å². The SMILES string of the molecule is CCO[C@H]1CN(C(=O)[C@@H](C)NC(=O)OC(C)(C)C)[C@H]1C. The van der Waals surface area contributed by atoms with Gasteiger partial charge in [0, 0.05) is 13.2 Å². The largest absolute Gasteiger partial charge is 0.444 e. The summed E-state index contributed by atoms with van der Waals surface area (Å²) in [6.07, 6.45) is -0.481. The van der Waals surface area contributed by atoms with Crippen molar-refractivity contribution in [2.75, 3.05) is 13.2 Å². The normalized spacial score (nSPS) is 23.8. The van der Waals surface area contributed by atoms with Gasteiger partial charge in [-0.05, 0) is 41.5 Å². The predicted octanol–water partition coefficient (Wildman–Crippen LogP) is 1.54. The van der Waals surface area contributed by atoms with E-state index in [1.165, 1.54) is 0 Å². The van der Waals surface area contributed by atoms with Gasteiger partial charge < -0.3 is 19.7 Å². The first-order valence-electron chi connectivity index (χ1n) is 7.07. The topological polar surface area (TPSA) is 67.9 Å². The van der Waals surface area contributed by atoms with Gasteiger partial charge in [-0.3, -0.25) is 4.79 Å². The van der Waals surface area contributed by atoms with Crippen LogP contribution in [-0.4, -0.2) is 53.8 Å². The van der Waals surface area contributed by atoms with Crippen molar-refractivity contribution in [3.05, 3.63) is 0 Å². The zero-order valence-corrected chi connectivity index (χ0v) is 13.2. The number of rotatable bonds is 4. The summed E-state index contributed by atoms with van der Waals surface area (Å²) in [4.78, 5) is 25.5. The number of carbonyl (C=O) groups excluding carboxylic acids is 2. The number of alkyl carbamates (subject to hydrolysis) is 1. The summed E-state index contributed by atoms with van der Waals surface area (Å²) < 4.78 is 10.6. The van der Waals surface area contributed by atoms with E-state index < -0.39 is 17.7 Å². The van der Waals surface area contributed by atoms with Crippen LogP contribution in [0.3, 0.4) is 0 Å². The summed E-state index contributed by atoms with van der Waals surface area (Å²) in [5.74, 6) is -0.112. The van der Waals surface area contributed by atoms with E-state index in [-0.39, 0.29) is 18.1 Å². The number of hydrogen-bond donors (Lipinski definition) is 1. The maximum atomic E-state index is 12.2. The van der Waals surface area contributed by atoms with Gasteiger partial charge in [0.15, 0.2) is 0 Å². The van der Waals surface area contributed by atoms with Crippen LogP contribution in [-0.2, 0) is 14.3 Å². The first kappa shape index (κ1) is 16.8. The number of ether oxygens (including phenoxy) is 2. The number of likely N-dealkylation sites (tertiary alicyclic amines) is 1. The average Bonchev–Trinajstić information content (AvgIpc) is 2.30. The van der Waals surface area contributed by atoms with Gasteiger partial charge in [-0.15, -0.1) is 0 Å². The van der Waals surface area contributed by atoms with Crippen LogP contribution in [0.4, 0.5) is 4.79 Å². The highest BCUT2D eigenvalue weighted by Gasteiger charge is 2.41. The lowest BCUT2D eigenvalue weighted by Crippen LogP contribution is -2.65. The second kappa shape index (κ2) is 6.43. The minimum absolute atomic E-state index is 0.0466. The third-order valence-electron chi connectivity index (χ3n) is 3.17. The van der Waals surface area contributed by atoms with Gasteiger partial charge in [0.25, 0.3) is 0 Å². The standard InChI is InChI=1S/C14H26N2O4/c1-7-19-11-8-16(10(11)3)12(17)9(2)15-13(18)20-14(4,5)6/h9-11H,7-8H2,1-6H3,(H,15,18)/t9-,10+,11+/m1/s1. The van der Waals surface area contributed by atoms with E-state index in [0.29, 0.717) is 13.2 Å². The third kappa shape index (κ3) is 4.37. The Labute approximate surface area is 120 Å². The summed E-state index contributed by atoms with van der Waals surface area (Å²) >= 11 is 0. The van der Waals surface area contributed by atoms with Crippen molar-refractivity contribution in [3.8, 4) is 0 Å². The molecule has 1 aliphatic heterocycles. The molecule has 0 aromatic carbocycles. The minimum Gasteiger partial charge on any atom is -0.444 e. The van der Waals surface area contributed by atoms with Gasteiger partial charge >= 0.3 is 6.09 Å². The molecular weight excluding hydrogens is 260 g/mol. The monoisotopic (exact) mass is 286 g/mol. The van der Waals surface area contributed by atoms with Crippen LogP contribution in [0.5, 0.6) is 0 Å². The lowest BCUT2D eigenvalue weighted by molar-refractivity contribution is -0.156. The highest BCUT2D eigenvalue weighted by molar-refractivity contribution is 5.86. The molecule has 1 heterocycles. The molecule has 0 radical (unpaired) electrons. The van der Waals surface area contributed by atoms with E-state index in [4.69, 9.17) is 9.47 Å². The van der Waals surface area contributed by atoms with Crippen molar-refractivity contribution >= 4 is 12.0 Å². The summed E-state index contributed by atoms with van der Waals surface area (Å²) in [6, 6.07) is -0.555. The second-order valence-electron chi connectivity index (χ2n) is 6.09. The Bertz CT molecular complexity index is 365. The van der Waals surface area contributed by atoms with Gasteiger partial charge in [-0.2, -0.15) is 0 Å². The Morgan fingerprint density at radius 2 is 2.00 bits per heavy atom. The van der Waals surface area contributed by atoms with Crippen LogP contribution in [0.2, 0.25) is 0 Å². The van der Waals surface area contributed by atoms with E-state index in [9.17, 15) is 9.59 Å².